The summed E-state index contributed by atoms with van der Waals surface area (Å²) in [6.45, 7) is 6.90. The van der Waals surface area contributed by atoms with Crippen LogP contribution in [0.5, 0.6) is 0 Å². The number of nitrogens with zero attached hydrogens (tertiary/aromatic N) is 2. The van der Waals surface area contributed by atoms with Crippen LogP contribution < -0.4 is 5.32 Å². The van der Waals surface area contributed by atoms with Crippen LogP contribution in [-0.4, -0.2) is 16.1 Å². The van der Waals surface area contributed by atoms with Gasteiger partial charge in [-0.2, -0.15) is 0 Å². The van der Waals surface area contributed by atoms with Gasteiger partial charge in [-0.05, 0) is 19.0 Å². The van der Waals surface area contributed by atoms with Crippen LogP contribution in [0.3, 0.4) is 0 Å². The average molecular weight is 229 g/mol. The van der Waals surface area contributed by atoms with Gasteiger partial charge in [-0.1, -0.05) is 36.8 Å². The lowest BCUT2D eigenvalue weighted by Gasteiger charge is -2.08. The van der Waals surface area contributed by atoms with Crippen molar-refractivity contribution in [2.24, 2.45) is 0 Å². The molecule has 17 heavy (non-hydrogen) atoms. The van der Waals surface area contributed by atoms with Crippen molar-refractivity contribution in [1.82, 2.24) is 14.9 Å². The first-order valence-electron chi connectivity index (χ1n) is 6.06. The summed E-state index contributed by atoms with van der Waals surface area (Å²) in [6, 6.07) is 8.64. The third-order valence-corrected chi connectivity index (χ3v) is 2.81. The summed E-state index contributed by atoms with van der Waals surface area (Å²) < 4.78 is 2.19. The number of nitrogens with one attached hydrogen (secondary N) is 1. The summed E-state index contributed by atoms with van der Waals surface area (Å²) in [6.07, 6.45) is 3.90. The van der Waals surface area contributed by atoms with Gasteiger partial charge in [0.25, 0.3) is 0 Å². The molecule has 0 spiro atoms. The minimum atomic E-state index is 0.829. The van der Waals surface area contributed by atoms with Crippen LogP contribution >= 0.6 is 0 Å². The Balaban J connectivity index is 2.07. The first-order chi connectivity index (χ1) is 8.29. The van der Waals surface area contributed by atoms with Crippen molar-refractivity contribution in [3.8, 4) is 0 Å². The van der Waals surface area contributed by atoms with Crippen LogP contribution in [0.2, 0.25) is 0 Å². The fourth-order valence-electron chi connectivity index (χ4n) is 1.78. The first kappa shape index (κ1) is 11.9. The van der Waals surface area contributed by atoms with Crippen LogP contribution in [-0.2, 0) is 13.1 Å². The Morgan fingerprint density at radius 1 is 1.24 bits per heavy atom. The molecule has 0 fully saturated rings. The van der Waals surface area contributed by atoms with E-state index in [1.807, 2.05) is 12.4 Å². The third-order valence-electron chi connectivity index (χ3n) is 2.81. The SMILES string of the molecule is CCNCc1nccn1Cc1ccc(C)cc1. The number of aryl methyl sites for hydroxylation is 1. The Bertz CT molecular complexity index is 457. The second kappa shape index (κ2) is 5.64. The predicted octanol–water partition coefficient (Wildman–Crippen LogP) is 2.35. The molecular weight excluding hydrogens is 210 g/mol. The summed E-state index contributed by atoms with van der Waals surface area (Å²) in [5, 5.41) is 3.30. The summed E-state index contributed by atoms with van der Waals surface area (Å²) in [5.41, 5.74) is 2.61. The molecule has 3 heteroatoms. The van der Waals surface area contributed by atoms with Crippen molar-refractivity contribution in [3.63, 3.8) is 0 Å². The first-order valence-corrected chi connectivity index (χ1v) is 6.06. The fraction of sp³-hybridized carbons (Fsp3) is 0.357. The quantitative estimate of drug-likeness (QED) is 0.853. The van der Waals surface area contributed by atoms with Crippen LogP contribution in [0.4, 0.5) is 0 Å². The Kier molecular flexibility index (Phi) is 3.94. The third kappa shape index (κ3) is 3.17. The minimum absolute atomic E-state index is 0.829. The van der Waals surface area contributed by atoms with E-state index in [0.717, 1.165) is 25.5 Å². The lowest BCUT2D eigenvalue weighted by molar-refractivity contribution is 0.639. The number of rotatable bonds is 5. The maximum atomic E-state index is 4.37. The molecule has 0 saturated heterocycles. The van der Waals surface area contributed by atoms with E-state index in [1.54, 1.807) is 0 Å². The Labute approximate surface area is 103 Å². The van der Waals surface area contributed by atoms with E-state index in [4.69, 9.17) is 0 Å². The van der Waals surface area contributed by atoms with Crippen molar-refractivity contribution >= 4 is 0 Å². The molecule has 0 amide bonds. The number of imidazole rings is 1. The maximum Gasteiger partial charge on any atom is 0.122 e. The molecule has 1 N–H and O–H groups in total. The van der Waals surface area contributed by atoms with E-state index >= 15 is 0 Å². The van der Waals surface area contributed by atoms with E-state index < -0.39 is 0 Å². The molecule has 90 valence electrons. The van der Waals surface area contributed by atoms with Crippen molar-refractivity contribution in [3.05, 3.63) is 53.6 Å². The molecule has 1 aromatic heterocycles. The van der Waals surface area contributed by atoms with E-state index in [2.05, 4.69) is 53.0 Å². The Morgan fingerprint density at radius 2 is 2.00 bits per heavy atom. The number of benzene rings is 1. The lowest BCUT2D eigenvalue weighted by atomic mass is 10.1. The Morgan fingerprint density at radius 3 is 2.71 bits per heavy atom. The van der Waals surface area contributed by atoms with Gasteiger partial charge in [0, 0.05) is 18.9 Å². The minimum Gasteiger partial charge on any atom is -0.329 e. The second-order valence-corrected chi connectivity index (χ2v) is 4.24. The zero-order valence-corrected chi connectivity index (χ0v) is 10.5. The highest BCUT2D eigenvalue weighted by molar-refractivity contribution is 5.21. The largest absolute Gasteiger partial charge is 0.329 e. The van der Waals surface area contributed by atoms with Gasteiger partial charge in [0.2, 0.25) is 0 Å². The van der Waals surface area contributed by atoms with Crippen molar-refractivity contribution in [2.75, 3.05) is 6.54 Å². The normalized spacial score (nSPS) is 10.7. The summed E-state index contributed by atoms with van der Waals surface area (Å²) in [5.74, 6) is 1.09. The number of hydrogen-bond donors (Lipinski definition) is 1. The lowest BCUT2D eigenvalue weighted by Crippen LogP contribution is -2.16. The van der Waals surface area contributed by atoms with E-state index in [9.17, 15) is 0 Å². The molecule has 1 heterocycles. The highest BCUT2D eigenvalue weighted by Crippen LogP contribution is 2.07. The standard InChI is InChI=1S/C14H19N3/c1-3-15-10-14-16-8-9-17(14)11-13-6-4-12(2)5-7-13/h4-9,15H,3,10-11H2,1-2H3. The van der Waals surface area contributed by atoms with Gasteiger partial charge >= 0.3 is 0 Å². The molecule has 0 aliphatic heterocycles. The van der Waals surface area contributed by atoms with Gasteiger partial charge in [0.15, 0.2) is 0 Å². The number of hydrogen-bond acceptors (Lipinski definition) is 2. The van der Waals surface area contributed by atoms with Gasteiger partial charge < -0.3 is 9.88 Å². The molecular formula is C14H19N3. The van der Waals surface area contributed by atoms with Crippen LogP contribution in [0, 0.1) is 6.92 Å². The van der Waals surface area contributed by atoms with Crippen LogP contribution in [0.25, 0.3) is 0 Å². The topological polar surface area (TPSA) is 29.9 Å². The molecule has 0 aliphatic carbocycles. The van der Waals surface area contributed by atoms with Crippen molar-refractivity contribution in [2.45, 2.75) is 26.9 Å². The summed E-state index contributed by atoms with van der Waals surface area (Å²) in [7, 11) is 0. The molecule has 1 aromatic carbocycles. The van der Waals surface area contributed by atoms with Gasteiger partial charge in [-0.25, -0.2) is 4.98 Å². The summed E-state index contributed by atoms with van der Waals surface area (Å²) >= 11 is 0. The molecule has 2 rings (SSSR count). The fourth-order valence-corrected chi connectivity index (χ4v) is 1.78. The zero-order valence-electron chi connectivity index (χ0n) is 10.5. The van der Waals surface area contributed by atoms with Gasteiger partial charge in [0.1, 0.15) is 5.82 Å². The molecule has 0 atom stereocenters. The average Bonchev–Trinajstić information content (AvgIpc) is 2.77. The molecule has 0 bridgehead atoms. The molecule has 0 unspecified atom stereocenters. The van der Waals surface area contributed by atoms with Crippen LogP contribution in [0.1, 0.15) is 23.9 Å². The molecule has 0 aliphatic rings. The summed E-state index contributed by atoms with van der Waals surface area (Å²) in [4.78, 5) is 4.37. The van der Waals surface area contributed by atoms with E-state index in [0.29, 0.717) is 0 Å². The van der Waals surface area contributed by atoms with Crippen LogP contribution in [0.15, 0.2) is 36.7 Å². The van der Waals surface area contributed by atoms with E-state index in [-0.39, 0.29) is 0 Å². The van der Waals surface area contributed by atoms with Gasteiger partial charge in [0.05, 0.1) is 6.54 Å². The van der Waals surface area contributed by atoms with Gasteiger partial charge in [-0.3, -0.25) is 0 Å². The Hall–Kier alpha value is -1.61. The molecule has 2 aromatic rings. The van der Waals surface area contributed by atoms with E-state index in [1.165, 1.54) is 11.1 Å². The number of aromatic nitrogens is 2. The van der Waals surface area contributed by atoms with Gasteiger partial charge in [-0.15, -0.1) is 0 Å². The predicted molar refractivity (Wildman–Crippen MR) is 69.9 cm³/mol. The molecule has 0 saturated carbocycles. The molecule has 3 nitrogen and oxygen atoms in total. The molecule has 0 radical (unpaired) electrons. The smallest absolute Gasteiger partial charge is 0.122 e. The highest BCUT2D eigenvalue weighted by atomic mass is 15.1. The van der Waals surface area contributed by atoms with Crippen molar-refractivity contribution < 1.29 is 0 Å². The van der Waals surface area contributed by atoms with Crippen molar-refractivity contribution in [1.29, 1.82) is 0 Å². The zero-order chi connectivity index (χ0) is 12.1. The maximum absolute atomic E-state index is 4.37. The second-order valence-electron chi connectivity index (χ2n) is 4.24. The highest BCUT2D eigenvalue weighted by Gasteiger charge is 2.02. The monoisotopic (exact) mass is 229 g/mol.